The number of hydrogen-bond acceptors (Lipinski definition) is 3. The van der Waals surface area contributed by atoms with Crippen LogP contribution >= 0.6 is 0 Å². The molecule has 0 bridgehead atoms. The SMILES string of the molecule is Nc1cnn(-c2ccc(CC(=O)O)cc2)c1. The Balaban J connectivity index is 2.22. The fourth-order valence-corrected chi connectivity index (χ4v) is 1.42. The second-order valence-corrected chi connectivity index (χ2v) is 3.46. The molecule has 0 aliphatic heterocycles. The van der Waals surface area contributed by atoms with Gasteiger partial charge in [-0.15, -0.1) is 0 Å². The van der Waals surface area contributed by atoms with Crippen LogP contribution < -0.4 is 5.73 Å². The summed E-state index contributed by atoms with van der Waals surface area (Å²) in [7, 11) is 0. The van der Waals surface area contributed by atoms with Crippen LogP contribution in [-0.2, 0) is 11.2 Å². The van der Waals surface area contributed by atoms with Crippen molar-refractivity contribution in [3.05, 3.63) is 42.2 Å². The molecule has 5 heteroatoms. The molecule has 3 N–H and O–H groups in total. The standard InChI is InChI=1S/C11H11N3O2/c12-9-6-13-14(7-9)10-3-1-8(2-4-10)5-11(15)16/h1-4,6-7H,5,12H2,(H,15,16). The summed E-state index contributed by atoms with van der Waals surface area (Å²) in [6.45, 7) is 0. The normalized spacial score (nSPS) is 10.2. The van der Waals surface area contributed by atoms with Gasteiger partial charge in [-0.3, -0.25) is 4.79 Å². The summed E-state index contributed by atoms with van der Waals surface area (Å²) >= 11 is 0. The van der Waals surface area contributed by atoms with Gasteiger partial charge in [0.05, 0.1) is 30.2 Å². The highest BCUT2D eigenvalue weighted by Gasteiger charge is 2.02. The van der Waals surface area contributed by atoms with Crippen LogP contribution in [0.5, 0.6) is 0 Å². The van der Waals surface area contributed by atoms with Gasteiger partial charge >= 0.3 is 5.97 Å². The van der Waals surface area contributed by atoms with Gasteiger partial charge in [-0.2, -0.15) is 5.10 Å². The summed E-state index contributed by atoms with van der Waals surface area (Å²) in [5, 5.41) is 12.7. The van der Waals surface area contributed by atoms with E-state index in [1.807, 2.05) is 12.1 Å². The Labute approximate surface area is 92.1 Å². The van der Waals surface area contributed by atoms with E-state index in [1.54, 1.807) is 29.2 Å². The van der Waals surface area contributed by atoms with E-state index >= 15 is 0 Å². The van der Waals surface area contributed by atoms with Crippen molar-refractivity contribution >= 4 is 11.7 Å². The van der Waals surface area contributed by atoms with Gasteiger partial charge in [-0.05, 0) is 17.7 Å². The van der Waals surface area contributed by atoms with E-state index < -0.39 is 5.97 Å². The molecule has 0 aliphatic carbocycles. The third kappa shape index (κ3) is 2.20. The van der Waals surface area contributed by atoms with E-state index in [-0.39, 0.29) is 6.42 Å². The number of nitrogen functional groups attached to an aromatic ring is 1. The summed E-state index contributed by atoms with van der Waals surface area (Å²) in [4.78, 5) is 10.5. The monoisotopic (exact) mass is 217 g/mol. The lowest BCUT2D eigenvalue weighted by Gasteiger charge is -2.02. The van der Waals surface area contributed by atoms with Crippen LogP contribution in [0.25, 0.3) is 5.69 Å². The number of carboxylic acids is 1. The van der Waals surface area contributed by atoms with E-state index in [4.69, 9.17) is 10.8 Å². The third-order valence-corrected chi connectivity index (χ3v) is 2.16. The summed E-state index contributed by atoms with van der Waals surface area (Å²) in [6.07, 6.45) is 3.29. The van der Waals surface area contributed by atoms with Gasteiger partial charge in [0.1, 0.15) is 0 Å². The van der Waals surface area contributed by atoms with Gasteiger partial charge in [0.25, 0.3) is 0 Å². The van der Waals surface area contributed by atoms with Crippen molar-refractivity contribution < 1.29 is 9.90 Å². The molecule has 5 nitrogen and oxygen atoms in total. The zero-order valence-electron chi connectivity index (χ0n) is 8.50. The van der Waals surface area contributed by atoms with Crippen molar-refractivity contribution in [3.8, 4) is 5.69 Å². The number of carbonyl (C=O) groups is 1. The van der Waals surface area contributed by atoms with E-state index in [0.717, 1.165) is 11.3 Å². The highest BCUT2D eigenvalue weighted by atomic mass is 16.4. The first-order valence-electron chi connectivity index (χ1n) is 4.76. The van der Waals surface area contributed by atoms with Crippen LogP contribution in [0.4, 0.5) is 5.69 Å². The third-order valence-electron chi connectivity index (χ3n) is 2.16. The molecule has 16 heavy (non-hydrogen) atoms. The number of benzene rings is 1. The number of carboxylic acid groups (broad SMARTS) is 1. The second-order valence-electron chi connectivity index (χ2n) is 3.46. The Kier molecular flexibility index (Phi) is 2.59. The van der Waals surface area contributed by atoms with Crippen LogP contribution in [0.3, 0.4) is 0 Å². The molecular formula is C11H11N3O2. The van der Waals surface area contributed by atoms with Crippen molar-refractivity contribution in [2.75, 3.05) is 5.73 Å². The number of hydrogen-bond donors (Lipinski definition) is 2. The zero-order chi connectivity index (χ0) is 11.5. The number of nitrogens with zero attached hydrogens (tertiary/aromatic N) is 2. The fourth-order valence-electron chi connectivity index (χ4n) is 1.42. The molecule has 0 saturated carbocycles. The predicted molar refractivity (Wildman–Crippen MR) is 59.3 cm³/mol. The fraction of sp³-hybridized carbons (Fsp3) is 0.0909. The van der Waals surface area contributed by atoms with Crippen LogP contribution in [-0.4, -0.2) is 20.9 Å². The van der Waals surface area contributed by atoms with Crippen molar-refractivity contribution in [1.29, 1.82) is 0 Å². The minimum Gasteiger partial charge on any atom is -0.481 e. The van der Waals surface area contributed by atoms with Crippen molar-refractivity contribution in [3.63, 3.8) is 0 Å². The largest absolute Gasteiger partial charge is 0.481 e. The molecule has 0 spiro atoms. The molecule has 1 aromatic carbocycles. The molecule has 2 aromatic rings. The Bertz CT molecular complexity index is 502. The molecule has 0 atom stereocenters. The maximum atomic E-state index is 10.5. The van der Waals surface area contributed by atoms with Gasteiger partial charge in [-0.1, -0.05) is 12.1 Å². The lowest BCUT2D eigenvalue weighted by Crippen LogP contribution is -2.00. The topological polar surface area (TPSA) is 81.1 Å². The molecular weight excluding hydrogens is 206 g/mol. The summed E-state index contributed by atoms with van der Waals surface area (Å²) < 4.78 is 1.64. The average Bonchev–Trinajstić information content (AvgIpc) is 2.65. The first-order valence-corrected chi connectivity index (χ1v) is 4.76. The molecule has 0 fully saturated rings. The molecule has 0 saturated heterocycles. The van der Waals surface area contributed by atoms with Crippen LogP contribution in [0.15, 0.2) is 36.7 Å². The molecule has 0 amide bonds. The number of aromatic nitrogens is 2. The van der Waals surface area contributed by atoms with Crippen molar-refractivity contribution in [2.45, 2.75) is 6.42 Å². The Hall–Kier alpha value is -2.30. The van der Waals surface area contributed by atoms with Crippen molar-refractivity contribution in [2.24, 2.45) is 0 Å². The first kappa shape index (κ1) is 10.2. The van der Waals surface area contributed by atoms with Gasteiger partial charge < -0.3 is 10.8 Å². The first-order chi connectivity index (χ1) is 7.65. The summed E-state index contributed by atoms with van der Waals surface area (Å²) in [6, 6.07) is 7.15. The maximum absolute atomic E-state index is 10.5. The van der Waals surface area contributed by atoms with Crippen molar-refractivity contribution in [1.82, 2.24) is 9.78 Å². The number of rotatable bonds is 3. The van der Waals surface area contributed by atoms with E-state index in [1.165, 1.54) is 0 Å². The number of aliphatic carboxylic acids is 1. The summed E-state index contributed by atoms with van der Waals surface area (Å²) in [5.74, 6) is -0.837. The van der Waals surface area contributed by atoms with E-state index in [9.17, 15) is 4.79 Å². The van der Waals surface area contributed by atoms with Crippen LogP contribution in [0.2, 0.25) is 0 Å². The van der Waals surface area contributed by atoms with Crippen LogP contribution in [0, 0.1) is 0 Å². The second kappa shape index (κ2) is 4.06. The molecule has 0 unspecified atom stereocenters. The molecule has 0 radical (unpaired) electrons. The minimum absolute atomic E-state index is 0.0293. The number of anilines is 1. The number of nitrogens with two attached hydrogens (primary N) is 1. The predicted octanol–water partition coefficient (Wildman–Crippen LogP) is 1.08. The van der Waals surface area contributed by atoms with Gasteiger partial charge in [-0.25, -0.2) is 4.68 Å². The quantitative estimate of drug-likeness (QED) is 0.806. The minimum atomic E-state index is -0.837. The zero-order valence-corrected chi connectivity index (χ0v) is 8.50. The Morgan fingerprint density at radius 1 is 1.38 bits per heavy atom. The summed E-state index contributed by atoms with van der Waals surface area (Å²) in [5.41, 5.74) is 7.76. The Morgan fingerprint density at radius 3 is 2.56 bits per heavy atom. The smallest absolute Gasteiger partial charge is 0.307 e. The van der Waals surface area contributed by atoms with Gasteiger partial charge in [0, 0.05) is 0 Å². The van der Waals surface area contributed by atoms with E-state index in [2.05, 4.69) is 5.10 Å². The maximum Gasteiger partial charge on any atom is 0.307 e. The average molecular weight is 217 g/mol. The molecule has 1 aromatic heterocycles. The van der Waals surface area contributed by atoms with Gasteiger partial charge in [0.2, 0.25) is 0 Å². The molecule has 1 heterocycles. The lowest BCUT2D eigenvalue weighted by molar-refractivity contribution is -0.136. The molecule has 2 rings (SSSR count). The van der Waals surface area contributed by atoms with Gasteiger partial charge in [0.15, 0.2) is 0 Å². The highest BCUT2D eigenvalue weighted by Crippen LogP contribution is 2.11. The van der Waals surface area contributed by atoms with E-state index in [0.29, 0.717) is 5.69 Å². The molecule has 0 aliphatic rings. The lowest BCUT2D eigenvalue weighted by atomic mass is 10.1. The molecule has 82 valence electrons. The highest BCUT2D eigenvalue weighted by molar-refractivity contribution is 5.70. The van der Waals surface area contributed by atoms with Crippen LogP contribution in [0.1, 0.15) is 5.56 Å². The Morgan fingerprint density at radius 2 is 2.06 bits per heavy atom.